The minimum atomic E-state index is -3.38. The van der Waals surface area contributed by atoms with Crippen molar-refractivity contribution in [2.45, 2.75) is 41.5 Å². The predicted octanol–water partition coefficient (Wildman–Crippen LogP) is 5.20. The van der Waals surface area contributed by atoms with Gasteiger partial charge in [-0.3, -0.25) is 0 Å². The Morgan fingerprint density at radius 2 is 0.489 bits per heavy atom. The number of aryl methyl sites for hydroxylation is 6. The van der Waals surface area contributed by atoms with Gasteiger partial charge in [-0.05, 0) is 72.7 Å². The number of hydrogen-bond acceptors (Lipinski definition) is 2. The summed E-state index contributed by atoms with van der Waals surface area (Å²) in [5.74, 6) is 0. The Bertz CT molecular complexity index is 1660. The van der Waals surface area contributed by atoms with E-state index in [0.29, 0.717) is 0 Å². The topological polar surface area (TPSA) is 18.5 Å². The van der Waals surface area contributed by atoms with Crippen LogP contribution in [0.3, 0.4) is 0 Å². The molecule has 0 unspecified atom stereocenters. The Morgan fingerprint density at radius 1 is 0.298 bits per heavy atom. The van der Waals surface area contributed by atoms with Gasteiger partial charge < -0.3 is 8.23 Å². The molecule has 0 aliphatic carbocycles. The van der Waals surface area contributed by atoms with Gasteiger partial charge in [-0.2, -0.15) is 0 Å². The van der Waals surface area contributed by atoms with Crippen LogP contribution >= 0.6 is 0 Å². The van der Waals surface area contributed by atoms with Crippen molar-refractivity contribution in [3.05, 3.63) is 179 Å². The molecule has 0 saturated carbocycles. The van der Waals surface area contributed by atoms with Crippen molar-refractivity contribution in [3.8, 4) is 0 Å². The lowest BCUT2D eigenvalue weighted by molar-refractivity contribution is 0.443. The zero-order valence-corrected chi connectivity index (χ0v) is 31.6. The quantitative estimate of drug-likeness (QED) is 0.188. The van der Waals surface area contributed by atoms with Gasteiger partial charge in [-0.1, -0.05) is 179 Å². The molecular weight excluding hydrogens is 621 g/mol. The second kappa shape index (κ2) is 14.3. The van der Waals surface area contributed by atoms with Crippen LogP contribution in [0.1, 0.15) is 33.4 Å². The number of benzene rings is 6. The van der Waals surface area contributed by atoms with Crippen LogP contribution in [-0.4, -0.2) is 26.6 Å². The van der Waals surface area contributed by atoms with Crippen molar-refractivity contribution in [1.29, 1.82) is 0 Å². The van der Waals surface area contributed by atoms with E-state index >= 15 is 0 Å². The Balaban J connectivity index is 1.62. The Hall–Kier alpha value is -4.11. The molecule has 6 aromatic carbocycles. The van der Waals surface area contributed by atoms with Gasteiger partial charge in [-0.25, -0.2) is 0 Å². The fraction of sp³-hybridized carbons (Fsp3) is 0.143. The zero-order valence-electron chi connectivity index (χ0n) is 28.3. The van der Waals surface area contributed by atoms with Crippen LogP contribution in [0.15, 0.2) is 146 Å². The SMILES string of the molecule is Cc1ccc([SiH](O[Si](O[SiH](c2ccc(C)cc2)c2ccc(C)cc2)(c2ccc(C)cc2)c2ccc(C)cc2)c2ccc(C)cc2)cc1. The van der Waals surface area contributed by atoms with E-state index in [1.165, 1.54) is 54.1 Å². The summed E-state index contributed by atoms with van der Waals surface area (Å²) in [6.45, 7) is 12.9. The van der Waals surface area contributed by atoms with Crippen molar-refractivity contribution in [2.75, 3.05) is 0 Å². The Morgan fingerprint density at radius 3 is 0.702 bits per heavy atom. The van der Waals surface area contributed by atoms with Crippen LogP contribution in [0, 0.1) is 41.5 Å². The Labute approximate surface area is 285 Å². The molecule has 0 amide bonds. The Kier molecular flexibility index (Phi) is 10.0. The lowest BCUT2D eigenvalue weighted by atomic mass is 10.2. The molecule has 0 saturated heterocycles. The van der Waals surface area contributed by atoms with Crippen molar-refractivity contribution in [1.82, 2.24) is 0 Å². The third-order valence-electron chi connectivity index (χ3n) is 8.95. The van der Waals surface area contributed by atoms with Gasteiger partial charge >= 0.3 is 8.56 Å². The van der Waals surface area contributed by atoms with Crippen LogP contribution in [-0.2, 0) is 8.23 Å². The van der Waals surface area contributed by atoms with Crippen LogP contribution < -0.4 is 31.1 Å². The van der Waals surface area contributed by atoms with E-state index < -0.39 is 26.6 Å². The molecule has 0 spiro atoms. The van der Waals surface area contributed by atoms with E-state index in [9.17, 15) is 0 Å². The van der Waals surface area contributed by atoms with Crippen LogP contribution in [0.25, 0.3) is 0 Å². The molecule has 6 aromatic rings. The normalized spacial score (nSPS) is 11.7. The largest absolute Gasteiger partial charge is 0.424 e. The predicted molar refractivity (Wildman–Crippen MR) is 207 cm³/mol. The lowest BCUT2D eigenvalue weighted by Gasteiger charge is -2.39. The van der Waals surface area contributed by atoms with Gasteiger partial charge in [0.15, 0.2) is 0 Å². The first-order chi connectivity index (χ1) is 22.7. The first-order valence-corrected chi connectivity index (χ1v) is 21.5. The van der Waals surface area contributed by atoms with E-state index in [1.54, 1.807) is 0 Å². The smallest absolute Gasteiger partial charge is 0.387 e. The van der Waals surface area contributed by atoms with Crippen molar-refractivity contribution in [3.63, 3.8) is 0 Å². The molecule has 236 valence electrons. The molecule has 0 radical (unpaired) electrons. The molecule has 47 heavy (non-hydrogen) atoms. The first kappa shape index (κ1) is 32.8. The van der Waals surface area contributed by atoms with E-state index in [-0.39, 0.29) is 0 Å². The summed E-state index contributed by atoms with van der Waals surface area (Å²) in [7, 11) is -7.95. The summed E-state index contributed by atoms with van der Waals surface area (Å²) in [5.41, 5.74) is 7.42. The maximum Gasteiger partial charge on any atom is 0.387 e. The molecule has 0 N–H and O–H groups in total. The zero-order chi connectivity index (χ0) is 33.0. The van der Waals surface area contributed by atoms with E-state index in [2.05, 4.69) is 187 Å². The fourth-order valence-corrected chi connectivity index (χ4v) is 18.2. The maximum absolute atomic E-state index is 7.95. The fourth-order valence-electron chi connectivity index (χ4n) is 5.97. The van der Waals surface area contributed by atoms with Crippen molar-refractivity contribution < 1.29 is 8.23 Å². The third kappa shape index (κ3) is 7.56. The summed E-state index contributed by atoms with van der Waals surface area (Å²) in [5, 5.41) is 7.29. The molecular formula is C42H44O2Si3. The monoisotopic (exact) mass is 664 g/mol. The van der Waals surface area contributed by atoms with Gasteiger partial charge in [0.05, 0.1) is 0 Å². The van der Waals surface area contributed by atoms with Gasteiger partial charge in [0.2, 0.25) is 18.1 Å². The van der Waals surface area contributed by atoms with Crippen molar-refractivity contribution in [2.24, 2.45) is 0 Å². The van der Waals surface area contributed by atoms with Gasteiger partial charge in [0.25, 0.3) is 0 Å². The standard InChI is InChI=1S/C42H44O2Si3/c1-31-7-19-37(20-8-31)45(38-21-9-32(2)10-22-38)43-47(41-27-15-35(5)16-28-41,42-29-17-36(6)18-30-42)44-46(39-23-11-33(3)12-24-39)40-25-13-34(4)14-26-40/h7-30,45-46H,1-6H3. The molecule has 0 atom stereocenters. The summed E-state index contributed by atoms with van der Waals surface area (Å²) in [4.78, 5) is 0. The van der Waals surface area contributed by atoms with E-state index in [1.807, 2.05) is 0 Å². The van der Waals surface area contributed by atoms with E-state index in [4.69, 9.17) is 8.23 Å². The summed E-state index contributed by atoms with van der Waals surface area (Å²) in [6.07, 6.45) is 0. The number of rotatable bonds is 10. The second-order valence-corrected chi connectivity index (χ2v) is 21.4. The molecule has 5 heteroatoms. The first-order valence-electron chi connectivity index (χ1n) is 16.5. The molecule has 0 heterocycles. The summed E-state index contributed by atoms with van der Waals surface area (Å²) < 4.78 is 15.9. The molecule has 0 aromatic heterocycles. The van der Waals surface area contributed by atoms with Crippen LogP contribution in [0.4, 0.5) is 0 Å². The highest BCUT2D eigenvalue weighted by molar-refractivity contribution is 7.04. The third-order valence-corrected chi connectivity index (χ3v) is 19.6. The van der Waals surface area contributed by atoms with Crippen LogP contribution in [0.5, 0.6) is 0 Å². The minimum absolute atomic E-state index is 1.14. The molecule has 6 rings (SSSR count). The van der Waals surface area contributed by atoms with Gasteiger partial charge in [0.1, 0.15) is 0 Å². The summed E-state index contributed by atoms with van der Waals surface area (Å²) >= 11 is 0. The van der Waals surface area contributed by atoms with Crippen molar-refractivity contribution >= 4 is 57.8 Å². The second-order valence-electron chi connectivity index (χ2n) is 13.0. The van der Waals surface area contributed by atoms with E-state index in [0.717, 1.165) is 10.4 Å². The molecule has 0 fully saturated rings. The van der Waals surface area contributed by atoms with Gasteiger partial charge in [-0.15, -0.1) is 0 Å². The number of hydrogen-bond donors (Lipinski definition) is 0. The molecule has 0 aliphatic rings. The molecule has 0 bridgehead atoms. The highest BCUT2D eigenvalue weighted by Crippen LogP contribution is 2.17. The lowest BCUT2D eigenvalue weighted by Crippen LogP contribution is -2.72. The maximum atomic E-state index is 7.95. The van der Waals surface area contributed by atoms with Crippen LogP contribution in [0.2, 0.25) is 0 Å². The average Bonchev–Trinajstić information content (AvgIpc) is 3.08. The highest BCUT2D eigenvalue weighted by atomic mass is 28.5. The average molecular weight is 665 g/mol. The van der Waals surface area contributed by atoms with Gasteiger partial charge in [0, 0.05) is 0 Å². The molecule has 0 aliphatic heterocycles. The molecule has 2 nitrogen and oxygen atoms in total. The minimum Gasteiger partial charge on any atom is -0.424 e. The highest BCUT2D eigenvalue weighted by Gasteiger charge is 2.47. The summed E-state index contributed by atoms with van der Waals surface area (Å²) in [6, 6.07) is 53.7.